The molecule has 132 valence electrons. The lowest BCUT2D eigenvalue weighted by Crippen LogP contribution is -2.37. The molecule has 0 spiro atoms. The van der Waals surface area contributed by atoms with E-state index in [0.29, 0.717) is 41.0 Å². The van der Waals surface area contributed by atoms with Crippen LogP contribution in [0, 0.1) is 0 Å². The van der Waals surface area contributed by atoms with Crippen molar-refractivity contribution in [3.8, 4) is 5.75 Å². The quantitative estimate of drug-likeness (QED) is 0.687. The maximum atomic E-state index is 12.3. The number of hydrogen-bond acceptors (Lipinski definition) is 5. The first-order valence-corrected chi connectivity index (χ1v) is 8.02. The van der Waals surface area contributed by atoms with Crippen LogP contribution in [-0.4, -0.2) is 31.8 Å². The molecule has 0 amide bonds. The minimum absolute atomic E-state index is 0.344. The molecule has 25 heavy (non-hydrogen) atoms. The summed E-state index contributed by atoms with van der Waals surface area (Å²) in [5.41, 5.74) is -0.0748. The van der Waals surface area contributed by atoms with Crippen molar-refractivity contribution in [1.29, 1.82) is 0 Å². The van der Waals surface area contributed by atoms with Gasteiger partial charge in [-0.3, -0.25) is 13.9 Å². The van der Waals surface area contributed by atoms with Gasteiger partial charge in [0.05, 0.1) is 6.54 Å². The molecule has 0 bridgehead atoms. The van der Waals surface area contributed by atoms with E-state index in [4.69, 9.17) is 16.3 Å². The van der Waals surface area contributed by atoms with E-state index in [-0.39, 0.29) is 5.56 Å². The van der Waals surface area contributed by atoms with Gasteiger partial charge in [0, 0.05) is 26.2 Å². The fraction of sp³-hybridized carbons (Fsp3) is 0.312. The number of rotatable bonds is 5. The van der Waals surface area contributed by atoms with Crippen molar-refractivity contribution in [2.75, 3.05) is 18.5 Å². The second kappa shape index (κ2) is 6.64. The maximum Gasteiger partial charge on any atom is 0.332 e. The van der Waals surface area contributed by atoms with Gasteiger partial charge < -0.3 is 14.6 Å². The predicted octanol–water partition coefficient (Wildman–Crippen LogP) is 1.11. The summed E-state index contributed by atoms with van der Waals surface area (Å²) in [6, 6.07) is 7.09. The first-order valence-electron chi connectivity index (χ1n) is 7.65. The molecule has 0 atom stereocenters. The summed E-state index contributed by atoms with van der Waals surface area (Å²) >= 11 is 5.83. The molecule has 0 aliphatic heterocycles. The maximum absolute atomic E-state index is 12.3. The van der Waals surface area contributed by atoms with Crippen molar-refractivity contribution in [3.05, 3.63) is 50.1 Å². The molecule has 0 saturated heterocycles. The van der Waals surface area contributed by atoms with Crippen molar-refractivity contribution < 1.29 is 4.74 Å². The molecule has 0 radical (unpaired) electrons. The van der Waals surface area contributed by atoms with Crippen molar-refractivity contribution in [2.45, 2.75) is 0 Å². The standard InChI is InChI=1S/C16H18ClN5O3/c1-20-12-13(21(2)16(24)22(3)14(12)23)19-15(20)18-8-9-25-11-6-4-10(17)5-7-11/h4-7H,8-9H2,1-3H3,(H,18,19). The van der Waals surface area contributed by atoms with E-state index in [0.717, 1.165) is 4.57 Å². The summed E-state index contributed by atoms with van der Waals surface area (Å²) in [6.07, 6.45) is 0. The molecule has 2 aromatic heterocycles. The second-order valence-corrected chi connectivity index (χ2v) is 6.04. The van der Waals surface area contributed by atoms with E-state index in [1.807, 2.05) is 0 Å². The summed E-state index contributed by atoms with van der Waals surface area (Å²) in [4.78, 5) is 28.7. The van der Waals surface area contributed by atoms with Gasteiger partial charge >= 0.3 is 5.69 Å². The molecule has 1 N–H and O–H groups in total. The van der Waals surface area contributed by atoms with Crippen LogP contribution in [0.2, 0.25) is 5.02 Å². The third-order valence-corrected chi connectivity index (χ3v) is 4.20. The van der Waals surface area contributed by atoms with Crippen molar-refractivity contribution >= 4 is 28.7 Å². The molecule has 0 aliphatic rings. The number of nitrogens with one attached hydrogen (secondary N) is 1. The predicted molar refractivity (Wildman–Crippen MR) is 96.6 cm³/mol. The Balaban J connectivity index is 1.76. The number of fused-ring (bicyclic) bond motifs is 1. The summed E-state index contributed by atoms with van der Waals surface area (Å²) in [6.45, 7) is 0.885. The summed E-state index contributed by atoms with van der Waals surface area (Å²) in [5.74, 6) is 1.21. The fourth-order valence-electron chi connectivity index (χ4n) is 2.54. The molecular formula is C16H18ClN5O3. The van der Waals surface area contributed by atoms with Gasteiger partial charge in [-0.15, -0.1) is 0 Å². The zero-order chi connectivity index (χ0) is 18.1. The minimum atomic E-state index is -0.409. The molecule has 0 saturated carbocycles. The fourth-order valence-corrected chi connectivity index (χ4v) is 2.67. The van der Waals surface area contributed by atoms with Gasteiger partial charge in [0.25, 0.3) is 5.56 Å². The van der Waals surface area contributed by atoms with Crippen LogP contribution >= 0.6 is 11.6 Å². The van der Waals surface area contributed by atoms with Gasteiger partial charge in [-0.2, -0.15) is 4.98 Å². The zero-order valence-corrected chi connectivity index (χ0v) is 14.9. The third kappa shape index (κ3) is 3.12. The van der Waals surface area contributed by atoms with Crippen LogP contribution in [0.1, 0.15) is 0 Å². The van der Waals surface area contributed by atoms with E-state index in [9.17, 15) is 9.59 Å². The van der Waals surface area contributed by atoms with Gasteiger partial charge in [-0.05, 0) is 24.3 Å². The molecule has 0 unspecified atom stereocenters. The second-order valence-electron chi connectivity index (χ2n) is 5.60. The van der Waals surface area contributed by atoms with Gasteiger partial charge in [0.1, 0.15) is 12.4 Å². The first-order chi connectivity index (χ1) is 11.9. The molecule has 1 aromatic carbocycles. The molecule has 0 aliphatic carbocycles. The molecule has 0 fully saturated rings. The highest BCUT2D eigenvalue weighted by Gasteiger charge is 2.16. The number of aryl methyl sites for hydroxylation is 2. The summed E-state index contributed by atoms with van der Waals surface area (Å²) in [7, 11) is 4.76. The number of nitrogens with zero attached hydrogens (tertiary/aromatic N) is 4. The van der Waals surface area contributed by atoms with Crippen LogP contribution in [0.4, 0.5) is 5.95 Å². The smallest absolute Gasteiger partial charge is 0.332 e. The van der Waals surface area contributed by atoms with Crippen LogP contribution in [-0.2, 0) is 21.1 Å². The van der Waals surface area contributed by atoms with Crippen molar-refractivity contribution in [2.24, 2.45) is 21.1 Å². The number of hydrogen-bond donors (Lipinski definition) is 1. The highest BCUT2D eigenvalue weighted by atomic mass is 35.5. The summed E-state index contributed by atoms with van der Waals surface area (Å²) in [5, 5.41) is 3.76. The Labute approximate surface area is 148 Å². The SMILES string of the molecule is Cn1c(=O)c2c(nc(NCCOc3ccc(Cl)cc3)n2C)n(C)c1=O. The largest absolute Gasteiger partial charge is 0.492 e. The van der Waals surface area contributed by atoms with E-state index >= 15 is 0 Å². The van der Waals surface area contributed by atoms with Crippen LogP contribution in [0.25, 0.3) is 11.2 Å². The average molecular weight is 364 g/mol. The first kappa shape index (κ1) is 17.1. The molecule has 3 aromatic rings. The van der Waals surface area contributed by atoms with E-state index in [1.54, 1.807) is 42.9 Å². The molecule has 9 heteroatoms. The number of imidazole rings is 1. The topological polar surface area (TPSA) is 83.1 Å². The molecular weight excluding hydrogens is 346 g/mol. The highest BCUT2D eigenvalue weighted by molar-refractivity contribution is 6.30. The monoisotopic (exact) mass is 363 g/mol. The zero-order valence-electron chi connectivity index (χ0n) is 14.1. The lowest BCUT2D eigenvalue weighted by molar-refractivity contribution is 0.332. The minimum Gasteiger partial charge on any atom is -0.492 e. The van der Waals surface area contributed by atoms with Crippen molar-refractivity contribution in [1.82, 2.24) is 18.7 Å². The van der Waals surface area contributed by atoms with Gasteiger partial charge in [-0.1, -0.05) is 11.6 Å². The van der Waals surface area contributed by atoms with Crippen LogP contribution in [0.3, 0.4) is 0 Å². The molecule has 8 nitrogen and oxygen atoms in total. The lowest BCUT2D eigenvalue weighted by Gasteiger charge is -2.08. The van der Waals surface area contributed by atoms with Crippen molar-refractivity contribution in [3.63, 3.8) is 0 Å². The Morgan fingerprint density at radius 3 is 2.44 bits per heavy atom. The van der Waals surface area contributed by atoms with Crippen LogP contribution < -0.4 is 21.3 Å². The number of benzene rings is 1. The highest BCUT2D eigenvalue weighted by Crippen LogP contribution is 2.16. The summed E-state index contributed by atoms with van der Waals surface area (Å²) < 4.78 is 9.66. The van der Waals surface area contributed by atoms with Gasteiger partial charge in [0.15, 0.2) is 11.2 Å². The Morgan fingerprint density at radius 1 is 1.08 bits per heavy atom. The number of aromatic nitrogens is 4. The van der Waals surface area contributed by atoms with E-state index < -0.39 is 5.69 Å². The average Bonchev–Trinajstić information content (AvgIpc) is 2.93. The number of halogens is 1. The number of anilines is 1. The Hall–Kier alpha value is -2.74. The van der Waals surface area contributed by atoms with Gasteiger partial charge in [0.2, 0.25) is 5.95 Å². The van der Waals surface area contributed by atoms with Crippen LogP contribution in [0.5, 0.6) is 5.75 Å². The Bertz CT molecular complexity index is 1030. The Morgan fingerprint density at radius 2 is 1.76 bits per heavy atom. The third-order valence-electron chi connectivity index (χ3n) is 3.94. The van der Waals surface area contributed by atoms with Crippen LogP contribution in [0.15, 0.2) is 33.9 Å². The molecule has 3 rings (SSSR count). The van der Waals surface area contributed by atoms with Gasteiger partial charge in [-0.25, -0.2) is 4.79 Å². The normalized spacial score (nSPS) is 11.0. The van der Waals surface area contributed by atoms with E-state index in [2.05, 4.69) is 10.3 Å². The lowest BCUT2D eigenvalue weighted by atomic mass is 10.3. The number of ether oxygens (including phenoxy) is 1. The molecule has 2 heterocycles. The Kier molecular flexibility index (Phi) is 4.54. The van der Waals surface area contributed by atoms with E-state index in [1.165, 1.54) is 11.6 Å².